The number of aryl methyl sites for hydroxylation is 2. The lowest BCUT2D eigenvalue weighted by Crippen LogP contribution is -2.05. The Morgan fingerprint density at radius 3 is 2.65 bits per heavy atom. The molecular formula is C16H17N3O. The molecule has 0 radical (unpaired) electrons. The first kappa shape index (κ1) is 12.8. The van der Waals surface area contributed by atoms with Crippen LogP contribution in [-0.2, 0) is 6.54 Å². The molecule has 0 saturated carbocycles. The minimum atomic E-state index is 0.0816. The largest absolute Gasteiger partial charge is 0.395 e. The molecule has 0 bridgehead atoms. The van der Waals surface area contributed by atoms with Gasteiger partial charge in [-0.3, -0.25) is 4.98 Å². The molecule has 0 aliphatic rings. The van der Waals surface area contributed by atoms with E-state index in [0.29, 0.717) is 6.54 Å². The highest BCUT2D eigenvalue weighted by Crippen LogP contribution is 2.25. The molecule has 20 heavy (non-hydrogen) atoms. The zero-order valence-corrected chi connectivity index (χ0v) is 11.7. The van der Waals surface area contributed by atoms with Crippen molar-refractivity contribution in [1.29, 1.82) is 0 Å². The van der Waals surface area contributed by atoms with Crippen LogP contribution in [0.2, 0.25) is 0 Å². The van der Waals surface area contributed by atoms with E-state index in [0.717, 1.165) is 22.6 Å². The number of benzene rings is 1. The summed E-state index contributed by atoms with van der Waals surface area (Å²) in [5.74, 6) is 0.805. The summed E-state index contributed by atoms with van der Waals surface area (Å²) < 4.78 is 2.03. The fraction of sp³-hybridized carbons (Fsp3) is 0.250. The average Bonchev–Trinajstić information content (AvgIpc) is 2.79. The Morgan fingerprint density at radius 1 is 1.15 bits per heavy atom. The van der Waals surface area contributed by atoms with E-state index < -0.39 is 0 Å². The van der Waals surface area contributed by atoms with Crippen LogP contribution in [0, 0.1) is 13.8 Å². The molecule has 0 aliphatic carbocycles. The zero-order valence-electron chi connectivity index (χ0n) is 11.7. The third-order valence-electron chi connectivity index (χ3n) is 3.58. The van der Waals surface area contributed by atoms with E-state index in [1.54, 1.807) is 6.20 Å². The number of pyridine rings is 1. The quantitative estimate of drug-likeness (QED) is 0.793. The van der Waals surface area contributed by atoms with Gasteiger partial charge in [-0.25, -0.2) is 4.98 Å². The lowest BCUT2D eigenvalue weighted by molar-refractivity contribution is 0.278. The van der Waals surface area contributed by atoms with E-state index in [1.165, 1.54) is 11.1 Å². The van der Waals surface area contributed by atoms with E-state index in [-0.39, 0.29) is 6.61 Å². The fourth-order valence-electron chi connectivity index (χ4n) is 2.40. The van der Waals surface area contributed by atoms with Gasteiger partial charge in [-0.05, 0) is 49.2 Å². The third-order valence-corrected chi connectivity index (χ3v) is 3.58. The van der Waals surface area contributed by atoms with Crippen molar-refractivity contribution >= 4 is 11.0 Å². The van der Waals surface area contributed by atoms with Gasteiger partial charge in [0, 0.05) is 12.7 Å². The first-order chi connectivity index (χ1) is 9.70. The summed E-state index contributed by atoms with van der Waals surface area (Å²) in [4.78, 5) is 9.06. The summed E-state index contributed by atoms with van der Waals surface area (Å²) in [6, 6.07) is 9.98. The Labute approximate surface area is 117 Å². The normalized spacial score (nSPS) is 11.2. The molecule has 2 heterocycles. The maximum absolute atomic E-state index is 9.32. The van der Waals surface area contributed by atoms with Crippen LogP contribution in [0.5, 0.6) is 0 Å². The molecular weight excluding hydrogens is 250 g/mol. The Bertz CT molecular complexity index is 747. The Balaban J connectivity index is 2.28. The van der Waals surface area contributed by atoms with Gasteiger partial charge in [0.25, 0.3) is 0 Å². The van der Waals surface area contributed by atoms with Gasteiger partial charge in [0.2, 0.25) is 0 Å². The lowest BCUT2D eigenvalue weighted by Gasteiger charge is -2.07. The van der Waals surface area contributed by atoms with Gasteiger partial charge in [-0.1, -0.05) is 6.07 Å². The molecule has 0 amide bonds. The maximum atomic E-state index is 9.32. The molecule has 0 atom stereocenters. The first-order valence-corrected chi connectivity index (χ1v) is 6.70. The van der Waals surface area contributed by atoms with Gasteiger partial charge in [0.1, 0.15) is 5.69 Å². The van der Waals surface area contributed by atoms with E-state index >= 15 is 0 Å². The van der Waals surface area contributed by atoms with Gasteiger partial charge >= 0.3 is 0 Å². The summed E-state index contributed by atoms with van der Waals surface area (Å²) in [5.41, 5.74) is 5.26. The van der Waals surface area contributed by atoms with E-state index in [9.17, 15) is 5.11 Å². The number of nitrogens with zero attached hydrogens (tertiary/aromatic N) is 3. The second kappa shape index (κ2) is 5.06. The van der Waals surface area contributed by atoms with Gasteiger partial charge in [-0.15, -0.1) is 0 Å². The van der Waals surface area contributed by atoms with Crippen LogP contribution in [-0.4, -0.2) is 26.2 Å². The summed E-state index contributed by atoms with van der Waals surface area (Å²) in [6.07, 6.45) is 1.76. The summed E-state index contributed by atoms with van der Waals surface area (Å²) in [5, 5.41) is 9.32. The van der Waals surface area contributed by atoms with Gasteiger partial charge in [-0.2, -0.15) is 0 Å². The average molecular weight is 267 g/mol. The van der Waals surface area contributed by atoms with Crippen molar-refractivity contribution in [1.82, 2.24) is 14.5 Å². The smallest absolute Gasteiger partial charge is 0.159 e. The predicted molar refractivity (Wildman–Crippen MR) is 79.5 cm³/mol. The molecule has 4 nitrogen and oxygen atoms in total. The number of aliphatic hydroxyl groups excluding tert-OH is 1. The standard InChI is InChI=1S/C16H17N3O/c1-11-9-14-15(10-12(11)2)19(7-8-20)16(18-14)13-5-3-4-6-17-13/h3-6,9-10,20H,7-8H2,1-2H3. The third kappa shape index (κ3) is 2.08. The summed E-state index contributed by atoms with van der Waals surface area (Å²) in [6.45, 7) is 4.77. The molecule has 0 saturated heterocycles. The number of rotatable bonds is 3. The molecule has 2 aromatic heterocycles. The van der Waals surface area contributed by atoms with Crippen LogP contribution >= 0.6 is 0 Å². The SMILES string of the molecule is Cc1cc2nc(-c3ccccn3)n(CCO)c2cc1C. The molecule has 3 rings (SSSR count). The second-order valence-corrected chi connectivity index (χ2v) is 4.95. The molecule has 0 unspecified atom stereocenters. The molecule has 4 heteroatoms. The molecule has 102 valence electrons. The molecule has 1 N–H and O–H groups in total. The fourth-order valence-corrected chi connectivity index (χ4v) is 2.40. The Morgan fingerprint density at radius 2 is 1.95 bits per heavy atom. The van der Waals surface area contributed by atoms with E-state index in [4.69, 9.17) is 4.98 Å². The van der Waals surface area contributed by atoms with Gasteiger partial charge in [0.05, 0.1) is 17.6 Å². The van der Waals surface area contributed by atoms with Crippen LogP contribution < -0.4 is 0 Å². The molecule has 0 aliphatic heterocycles. The van der Waals surface area contributed by atoms with Crippen LogP contribution in [0.4, 0.5) is 0 Å². The van der Waals surface area contributed by atoms with Crippen LogP contribution in [0.25, 0.3) is 22.6 Å². The monoisotopic (exact) mass is 267 g/mol. The molecule has 1 aromatic carbocycles. The van der Waals surface area contributed by atoms with Gasteiger partial charge < -0.3 is 9.67 Å². The Hall–Kier alpha value is -2.20. The lowest BCUT2D eigenvalue weighted by atomic mass is 10.1. The maximum Gasteiger partial charge on any atom is 0.159 e. The van der Waals surface area contributed by atoms with Crippen molar-refractivity contribution in [2.45, 2.75) is 20.4 Å². The van der Waals surface area contributed by atoms with Crippen LogP contribution in [0.1, 0.15) is 11.1 Å². The van der Waals surface area contributed by atoms with E-state index in [2.05, 4.69) is 31.0 Å². The predicted octanol–water partition coefficient (Wildman–Crippen LogP) is 2.71. The Kier molecular flexibility index (Phi) is 3.24. The molecule has 0 fully saturated rings. The minimum absolute atomic E-state index is 0.0816. The topological polar surface area (TPSA) is 50.9 Å². The number of imidazole rings is 1. The number of aliphatic hydroxyl groups is 1. The van der Waals surface area contributed by atoms with Crippen molar-refractivity contribution in [3.63, 3.8) is 0 Å². The minimum Gasteiger partial charge on any atom is -0.395 e. The number of hydrogen-bond acceptors (Lipinski definition) is 3. The van der Waals surface area contributed by atoms with Crippen LogP contribution in [0.15, 0.2) is 36.5 Å². The van der Waals surface area contributed by atoms with Crippen molar-refractivity contribution in [2.75, 3.05) is 6.61 Å². The molecule has 0 spiro atoms. The first-order valence-electron chi connectivity index (χ1n) is 6.70. The van der Waals surface area contributed by atoms with Crippen molar-refractivity contribution in [3.8, 4) is 11.5 Å². The highest BCUT2D eigenvalue weighted by molar-refractivity contribution is 5.81. The van der Waals surface area contributed by atoms with E-state index in [1.807, 2.05) is 22.8 Å². The number of hydrogen-bond donors (Lipinski definition) is 1. The highest BCUT2D eigenvalue weighted by Gasteiger charge is 2.13. The summed E-state index contributed by atoms with van der Waals surface area (Å²) in [7, 11) is 0. The second-order valence-electron chi connectivity index (χ2n) is 4.95. The highest BCUT2D eigenvalue weighted by atomic mass is 16.3. The van der Waals surface area contributed by atoms with Crippen LogP contribution in [0.3, 0.4) is 0 Å². The molecule has 3 aromatic rings. The zero-order chi connectivity index (χ0) is 14.1. The van der Waals surface area contributed by atoms with Gasteiger partial charge in [0.15, 0.2) is 5.82 Å². The summed E-state index contributed by atoms with van der Waals surface area (Å²) >= 11 is 0. The van der Waals surface area contributed by atoms with Crippen molar-refractivity contribution in [2.24, 2.45) is 0 Å². The number of fused-ring (bicyclic) bond motifs is 1. The van der Waals surface area contributed by atoms with Crippen molar-refractivity contribution in [3.05, 3.63) is 47.7 Å². The number of aromatic nitrogens is 3. The van der Waals surface area contributed by atoms with Crippen molar-refractivity contribution < 1.29 is 5.11 Å².